The molecule has 0 spiro atoms. The SMILES string of the molecule is CCC(NC(C)C(=O)OC)C1CCCCC1. The quantitative estimate of drug-likeness (QED) is 0.733. The third kappa shape index (κ3) is 3.78. The van der Waals surface area contributed by atoms with Gasteiger partial charge in [0.15, 0.2) is 0 Å². The molecule has 2 unspecified atom stereocenters. The van der Waals surface area contributed by atoms with E-state index in [1.807, 2.05) is 6.92 Å². The molecular formula is C13H25NO2. The number of carbonyl (C=O) groups excluding carboxylic acids is 1. The Morgan fingerprint density at radius 2 is 2.00 bits per heavy atom. The Hall–Kier alpha value is -0.570. The monoisotopic (exact) mass is 227 g/mol. The van der Waals surface area contributed by atoms with E-state index < -0.39 is 0 Å². The third-order valence-corrected chi connectivity index (χ3v) is 3.68. The maximum Gasteiger partial charge on any atom is 0.322 e. The topological polar surface area (TPSA) is 38.3 Å². The van der Waals surface area contributed by atoms with Crippen molar-refractivity contribution in [3.05, 3.63) is 0 Å². The second-order valence-electron chi connectivity index (χ2n) is 4.82. The molecule has 0 aromatic heterocycles. The first-order valence-electron chi connectivity index (χ1n) is 6.53. The van der Waals surface area contributed by atoms with Crippen LogP contribution in [0.4, 0.5) is 0 Å². The lowest BCUT2D eigenvalue weighted by Crippen LogP contribution is -2.45. The molecule has 1 aliphatic carbocycles. The Kier molecular flexibility index (Phi) is 5.81. The van der Waals surface area contributed by atoms with E-state index in [0.717, 1.165) is 12.3 Å². The van der Waals surface area contributed by atoms with E-state index in [2.05, 4.69) is 12.2 Å². The van der Waals surface area contributed by atoms with Gasteiger partial charge in [-0.25, -0.2) is 0 Å². The first kappa shape index (κ1) is 13.5. The summed E-state index contributed by atoms with van der Waals surface area (Å²) < 4.78 is 4.74. The van der Waals surface area contributed by atoms with Crippen molar-refractivity contribution < 1.29 is 9.53 Å². The van der Waals surface area contributed by atoms with Crippen molar-refractivity contribution in [3.8, 4) is 0 Å². The predicted octanol–water partition coefficient (Wildman–Crippen LogP) is 2.50. The van der Waals surface area contributed by atoms with Gasteiger partial charge in [-0.2, -0.15) is 0 Å². The minimum absolute atomic E-state index is 0.158. The minimum atomic E-state index is -0.183. The van der Waals surface area contributed by atoms with Gasteiger partial charge < -0.3 is 10.1 Å². The largest absolute Gasteiger partial charge is 0.468 e. The summed E-state index contributed by atoms with van der Waals surface area (Å²) in [4.78, 5) is 11.4. The van der Waals surface area contributed by atoms with E-state index in [4.69, 9.17) is 4.74 Å². The molecule has 0 saturated heterocycles. The number of esters is 1. The molecule has 0 bridgehead atoms. The Labute approximate surface area is 98.9 Å². The molecule has 0 heterocycles. The zero-order valence-electron chi connectivity index (χ0n) is 10.8. The number of rotatable bonds is 5. The van der Waals surface area contributed by atoms with Gasteiger partial charge in [-0.05, 0) is 32.1 Å². The van der Waals surface area contributed by atoms with Crippen LogP contribution in [0.15, 0.2) is 0 Å². The Balaban J connectivity index is 2.43. The van der Waals surface area contributed by atoms with Crippen LogP contribution in [0.1, 0.15) is 52.4 Å². The number of methoxy groups -OCH3 is 1. The van der Waals surface area contributed by atoms with Gasteiger partial charge in [0.05, 0.1) is 7.11 Å². The first-order chi connectivity index (χ1) is 7.69. The Morgan fingerprint density at radius 1 is 1.38 bits per heavy atom. The smallest absolute Gasteiger partial charge is 0.322 e. The summed E-state index contributed by atoms with van der Waals surface area (Å²) in [5, 5.41) is 3.41. The van der Waals surface area contributed by atoms with Crippen LogP contribution in [0.5, 0.6) is 0 Å². The van der Waals surface area contributed by atoms with Crippen LogP contribution in [0.3, 0.4) is 0 Å². The molecule has 1 N–H and O–H groups in total. The molecule has 1 fully saturated rings. The summed E-state index contributed by atoms with van der Waals surface area (Å²) in [6, 6.07) is 0.284. The lowest BCUT2D eigenvalue weighted by molar-refractivity contribution is -0.143. The second kappa shape index (κ2) is 6.89. The van der Waals surface area contributed by atoms with Crippen molar-refractivity contribution in [1.29, 1.82) is 0 Å². The second-order valence-corrected chi connectivity index (χ2v) is 4.82. The molecule has 0 amide bonds. The van der Waals surface area contributed by atoms with Gasteiger partial charge in [0, 0.05) is 6.04 Å². The number of hydrogen-bond acceptors (Lipinski definition) is 3. The highest BCUT2D eigenvalue weighted by molar-refractivity contribution is 5.75. The summed E-state index contributed by atoms with van der Waals surface area (Å²) >= 11 is 0. The molecular weight excluding hydrogens is 202 g/mol. The Morgan fingerprint density at radius 3 is 2.50 bits per heavy atom. The highest BCUT2D eigenvalue weighted by atomic mass is 16.5. The molecule has 1 rings (SSSR count). The van der Waals surface area contributed by atoms with E-state index in [0.29, 0.717) is 6.04 Å². The molecule has 0 aromatic carbocycles. The van der Waals surface area contributed by atoms with Gasteiger partial charge in [-0.1, -0.05) is 26.2 Å². The minimum Gasteiger partial charge on any atom is -0.468 e. The summed E-state index contributed by atoms with van der Waals surface area (Å²) in [6.45, 7) is 4.08. The van der Waals surface area contributed by atoms with Crippen molar-refractivity contribution in [2.24, 2.45) is 5.92 Å². The van der Waals surface area contributed by atoms with Crippen molar-refractivity contribution in [2.75, 3.05) is 7.11 Å². The molecule has 94 valence electrons. The average molecular weight is 227 g/mol. The molecule has 1 aliphatic rings. The summed E-state index contributed by atoms with van der Waals surface area (Å²) in [5.74, 6) is 0.583. The molecule has 16 heavy (non-hydrogen) atoms. The Bertz CT molecular complexity index is 212. The fraction of sp³-hybridized carbons (Fsp3) is 0.923. The zero-order valence-corrected chi connectivity index (χ0v) is 10.8. The van der Waals surface area contributed by atoms with Gasteiger partial charge in [-0.15, -0.1) is 0 Å². The summed E-state index contributed by atoms with van der Waals surface area (Å²) in [5.41, 5.74) is 0. The lowest BCUT2D eigenvalue weighted by Gasteiger charge is -2.31. The molecule has 3 heteroatoms. The first-order valence-corrected chi connectivity index (χ1v) is 6.53. The predicted molar refractivity (Wildman–Crippen MR) is 65.3 cm³/mol. The van der Waals surface area contributed by atoms with E-state index >= 15 is 0 Å². The van der Waals surface area contributed by atoms with Crippen LogP contribution in [-0.2, 0) is 9.53 Å². The average Bonchev–Trinajstić information content (AvgIpc) is 2.35. The number of carbonyl (C=O) groups is 1. The van der Waals surface area contributed by atoms with Crippen LogP contribution in [0.25, 0.3) is 0 Å². The van der Waals surface area contributed by atoms with Gasteiger partial charge in [0.25, 0.3) is 0 Å². The van der Waals surface area contributed by atoms with E-state index in [1.54, 1.807) is 0 Å². The van der Waals surface area contributed by atoms with Crippen molar-refractivity contribution in [3.63, 3.8) is 0 Å². The molecule has 1 saturated carbocycles. The van der Waals surface area contributed by atoms with Gasteiger partial charge in [0.2, 0.25) is 0 Å². The zero-order chi connectivity index (χ0) is 12.0. The normalized spacial score (nSPS) is 21.4. The van der Waals surface area contributed by atoms with Crippen molar-refractivity contribution in [2.45, 2.75) is 64.5 Å². The van der Waals surface area contributed by atoms with Crippen LogP contribution in [0.2, 0.25) is 0 Å². The molecule has 0 radical (unpaired) electrons. The maximum atomic E-state index is 11.4. The summed E-state index contributed by atoms with van der Waals surface area (Å²) in [6.07, 6.45) is 7.76. The number of hydrogen-bond donors (Lipinski definition) is 1. The van der Waals surface area contributed by atoms with Crippen LogP contribution < -0.4 is 5.32 Å². The van der Waals surface area contributed by atoms with Gasteiger partial charge in [-0.3, -0.25) is 4.79 Å². The van der Waals surface area contributed by atoms with Crippen molar-refractivity contribution in [1.82, 2.24) is 5.32 Å². The third-order valence-electron chi connectivity index (χ3n) is 3.68. The van der Waals surface area contributed by atoms with Crippen LogP contribution in [0, 0.1) is 5.92 Å². The van der Waals surface area contributed by atoms with Crippen LogP contribution in [-0.4, -0.2) is 25.2 Å². The maximum absolute atomic E-state index is 11.4. The van der Waals surface area contributed by atoms with E-state index in [9.17, 15) is 4.79 Å². The number of ether oxygens (including phenoxy) is 1. The standard InChI is InChI=1S/C13H25NO2/c1-4-12(11-8-6-5-7-9-11)14-10(2)13(15)16-3/h10-12,14H,4-9H2,1-3H3. The van der Waals surface area contributed by atoms with Gasteiger partial charge >= 0.3 is 5.97 Å². The van der Waals surface area contributed by atoms with E-state index in [1.165, 1.54) is 39.2 Å². The molecule has 3 nitrogen and oxygen atoms in total. The molecule has 2 atom stereocenters. The molecule has 0 aliphatic heterocycles. The molecule has 0 aromatic rings. The number of nitrogens with one attached hydrogen (secondary N) is 1. The fourth-order valence-corrected chi connectivity index (χ4v) is 2.69. The highest BCUT2D eigenvalue weighted by Gasteiger charge is 2.25. The fourth-order valence-electron chi connectivity index (χ4n) is 2.69. The van der Waals surface area contributed by atoms with E-state index in [-0.39, 0.29) is 12.0 Å². The van der Waals surface area contributed by atoms with Crippen LogP contribution >= 0.6 is 0 Å². The van der Waals surface area contributed by atoms with Gasteiger partial charge in [0.1, 0.15) is 6.04 Å². The summed E-state index contributed by atoms with van der Waals surface area (Å²) in [7, 11) is 1.45. The lowest BCUT2D eigenvalue weighted by atomic mass is 9.82. The van der Waals surface area contributed by atoms with Crippen molar-refractivity contribution >= 4 is 5.97 Å². The highest BCUT2D eigenvalue weighted by Crippen LogP contribution is 2.27.